The van der Waals surface area contributed by atoms with Crippen molar-refractivity contribution in [3.05, 3.63) is 22.9 Å². The van der Waals surface area contributed by atoms with Crippen molar-refractivity contribution in [2.45, 2.75) is 6.92 Å². The summed E-state index contributed by atoms with van der Waals surface area (Å²) in [6, 6.07) is 1.88. The second kappa shape index (κ2) is 6.53. The predicted octanol–water partition coefficient (Wildman–Crippen LogP) is 1.10. The topological polar surface area (TPSA) is 78.8 Å². The highest BCUT2D eigenvalue weighted by Gasteiger charge is 2.20. The second-order valence-corrected chi connectivity index (χ2v) is 6.24. The van der Waals surface area contributed by atoms with E-state index >= 15 is 0 Å². The molecule has 1 saturated heterocycles. The number of rotatable bonds is 3. The lowest BCUT2D eigenvalue weighted by molar-refractivity contribution is -0.131. The van der Waals surface area contributed by atoms with E-state index in [9.17, 15) is 4.79 Å². The van der Waals surface area contributed by atoms with Gasteiger partial charge in [-0.05, 0) is 6.92 Å². The number of anilines is 2. The third-order valence-electron chi connectivity index (χ3n) is 3.49. The molecule has 0 atom stereocenters. The Morgan fingerprint density at radius 1 is 1.32 bits per heavy atom. The van der Waals surface area contributed by atoms with Crippen LogP contribution in [0.3, 0.4) is 0 Å². The molecular weight excluding hydrogens is 304 g/mol. The number of carboxylic acid groups (broad SMARTS) is 1. The molecule has 0 spiro atoms. The number of nitrogens with zero attached hydrogens (tertiary/aromatic N) is 4. The molecule has 0 unspecified atom stereocenters. The molecule has 0 amide bonds. The van der Waals surface area contributed by atoms with Gasteiger partial charge in [-0.15, -0.1) is 11.8 Å². The van der Waals surface area contributed by atoms with E-state index in [-0.39, 0.29) is 0 Å². The largest absolute Gasteiger partial charge is 0.477 e. The Morgan fingerprint density at radius 2 is 2.09 bits per heavy atom. The number of morpholine rings is 1. The number of hydrogen-bond donors (Lipinski definition) is 1. The van der Waals surface area contributed by atoms with E-state index in [1.165, 1.54) is 11.8 Å². The third-order valence-corrected chi connectivity index (χ3v) is 4.47. The number of aromatic nitrogens is 2. The van der Waals surface area contributed by atoms with Crippen molar-refractivity contribution in [1.82, 2.24) is 9.97 Å². The number of thioether (sulfide) groups is 1. The van der Waals surface area contributed by atoms with Gasteiger partial charge in [-0.1, -0.05) is 0 Å². The van der Waals surface area contributed by atoms with E-state index < -0.39 is 5.97 Å². The van der Waals surface area contributed by atoms with Crippen LogP contribution in [0.5, 0.6) is 0 Å². The fourth-order valence-electron chi connectivity index (χ4n) is 2.38. The van der Waals surface area contributed by atoms with Gasteiger partial charge >= 0.3 is 5.97 Å². The number of hydrogen-bond acceptors (Lipinski definition) is 7. The van der Waals surface area contributed by atoms with Gasteiger partial charge in [0.15, 0.2) is 0 Å². The Bertz CT molecular complexity index is 602. The number of aliphatic carboxylic acids is 1. The van der Waals surface area contributed by atoms with Crippen LogP contribution in [-0.2, 0) is 9.53 Å². The lowest BCUT2D eigenvalue weighted by Gasteiger charge is -2.29. The van der Waals surface area contributed by atoms with Crippen LogP contribution in [0.15, 0.2) is 17.2 Å². The van der Waals surface area contributed by atoms with Crippen molar-refractivity contribution in [1.29, 1.82) is 0 Å². The molecule has 1 N–H and O–H groups in total. The third kappa shape index (κ3) is 3.33. The molecule has 0 aliphatic carbocycles. The van der Waals surface area contributed by atoms with E-state index in [2.05, 4.69) is 14.9 Å². The summed E-state index contributed by atoms with van der Waals surface area (Å²) >= 11 is 1.36. The van der Waals surface area contributed by atoms with Crippen LogP contribution in [0.4, 0.5) is 11.8 Å². The first-order valence-electron chi connectivity index (χ1n) is 7.16. The Labute approximate surface area is 133 Å². The van der Waals surface area contributed by atoms with E-state index in [4.69, 9.17) is 9.84 Å². The standard InChI is InChI=1S/C14H18N4O3S/c1-10-8-12(18-4-7-22-11(9-18)13(19)20)16-14(15-10)17-2-5-21-6-3-17/h8-9H,2-7H2,1H3,(H,19,20). The lowest BCUT2D eigenvalue weighted by Crippen LogP contribution is -2.37. The average molecular weight is 322 g/mol. The number of aryl methyl sites for hydroxylation is 1. The van der Waals surface area contributed by atoms with Gasteiger partial charge in [0.2, 0.25) is 5.95 Å². The maximum absolute atomic E-state index is 11.1. The number of carbonyl (C=O) groups is 1. The maximum atomic E-state index is 11.1. The van der Waals surface area contributed by atoms with Crippen molar-refractivity contribution in [2.75, 3.05) is 48.4 Å². The van der Waals surface area contributed by atoms with E-state index in [0.29, 0.717) is 24.1 Å². The Balaban J connectivity index is 1.88. The molecule has 22 heavy (non-hydrogen) atoms. The van der Waals surface area contributed by atoms with Crippen molar-refractivity contribution >= 4 is 29.5 Å². The van der Waals surface area contributed by atoms with Gasteiger partial charge in [-0.3, -0.25) is 0 Å². The molecule has 3 rings (SSSR count). The Hall–Kier alpha value is -1.80. The van der Waals surface area contributed by atoms with Crippen LogP contribution < -0.4 is 9.80 Å². The molecule has 3 heterocycles. The van der Waals surface area contributed by atoms with E-state index in [1.807, 2.05) is 17.9 Å². The normalized spacial score (nSPS) is 19.0. The molecule has 0 radical (unpaired) electrons. The first-order chi connectivity index (χ1) is 10.6. The highest BCUT2D eigenvalue weighted by Crippen LogP contribution is 2.26. The first-order valence-corrected chi connectivity index (χ1v) is 8.15. The number of ether oxygens (including phenoxy) is 1. The van der Waals surface area contributed by atoms with Crippen molar-refractivity contribution in [3.63, 3.8) is 0 Å². The van der Waals surface area contributed by atoms with Gasteiger partial charge in [-0.2, -0.15) is 4.98 Å². The van der Waals surface area contributed by atoms with Crippen molar-refractivity contribution < 1.29 is 14.6 Å². The molecule has 2 aliphatic heterocycles. The maximum Gasteiger partial charge on any atom is 0.343 e. The molecular formula is C14H18N4O3S. The quantitative estimate of drug-likeness (QED) is 0.886. The van der Waals surface area contributed by atoms with Gasteiger partial charge in [-0.25, -0.2) is 9.78 Å². The summed E-state index contributed by atoms with van der Waals surface area (Å²) in [5.74, 6) is 1.26. The summed E-state index contributed by atoms with van der Waals surface area (Å²) in [6.45, 7) is 5.56. The highest BCUT2D eigenvalue weighted by atomic mass is 32.2. The smallest absolute Gasteiger partial charge is 0.343 e. The molecule has 0 bridgehead atoms. The molecule has 0 saturated carbocycles. The molecule has 1 fully saturated rings. The summed E-state index contributed by atoms with van der Waals surface area (Å²) in [7, 11) is 0. The molecule has 0 aromatic carbocycles. The molecule has 118 valence electrons. The van der Waals surface area contributed by atoms with E-state index in [1.54, 1.807) is 6.20 Å². The fourth-order valence-corrected chi connectivity index (χ4v) is 3.22. The van der Waals surface area contributed by atoms with Gasteiger partial charge in [0, 0.05) is 43.3 Å². The summed E-state index contributed by atoms with van der Waals surface area (Å²) in [5.41, 5.74) is 0.870. The van der Waals surface area contributed by atoms with Crippen molar-refractivity contribution in [2.24, 2.45) is 0 Å². The number of carboxylic acids is 1. The summed E-state index contributed by atoms with van der Waals surface area (Å²) < 4.78 is 5.35. The summed E-state index contributed by atoms with van der Waals surface area (Å²) in [4.78, 5) is 24.6. The fraction of sp³-hybridized carbons (Fsp3) is 0.500. The van der Waals surface area contributed by atoms with Gasteiger partial charge < -0.3 is 19.6 Å². The summed E-state index contributed by atoms with van der Waals surface area (Å²) in [5, 5.41) is 9.15. The van der Waals surface area contributed by atoms with Crippen molar-refractivity contribution in [3.8, 4) is 0 Å². The van der Waals surface area contributed by atoms with E-state index in [0.717, 1.165) is 36.9 Å². The molecule has 7 nitrogen and oxygen atoms in total. The molecule has 8 heteroatoms. The minimum absolute atomic E-state index is 0.343. The van der Waals surface area contributed by atoms with Crippen LogP contribution in [0.1, 0.15) is 5.69 Å². The monoisotopic (exact) mass is 322 g/mol. The molecule has 2 aliphatic rings. The van der Waals surface area contributed by atoms with Crippen LogP contribution in [0.25, 0.3) is 0 Å². The van der Waals surface area contributed by atoms with Crippen LogP contribution >= 0.6 is 11.8 Å². The zero-order valence-electron chi connectivity index (χ0n) is 12.4. The minimum atomic E-state index is -0.895. The van der Waals surface area contributed by atoms with Gasteiger partial charge in [0.25, 0.3) is 0 Å². The first kappa shape index (κ1) is 15.1. The lowest BCUT2D eigenvalue weighted by atomic mass is 10.3. The predicted molar refractivity (Wildman–Crippen MR) is 85.3 cm³/mol. The SMILES string of the molecule is Cc1cc(N2C=C(C(=O)O)SCC2)nc(N2CCOCC2)n1. The average Bonchev–Trinajstić information content (AvgIpc) is 2.55. The van der Waals surface area contributed by atoms with Crippen LogP contribution in [0, 0.1) is 6.92 Å². The zero-order valence-corrected chi connectivity index (χ0v) is 13.2. The molecule has 1 aromatic heterocycles. The Kier molecular flexibility index (Phi) is 4.49. The van der Waals surface area contributed by atoms with Crippen LogP contribution in [0.2, 0.25) is 0 Å². The minimum Gasteiger partial charge on any atom is -0.477 e. The zero-order chi connectivity index (χ0) is 15.5. The molecule has 1 aromatic rings. The second-order valence-electron chi connectivity index (χ2n) is 5.11. The highest BCUT2D eigenvalue weighted by molar-refractivity contribution is 8.04. The summed E-state index contributed by atoms with van der Waals surface area (Å²) in [6.07, 6.45) is 1.65. The van der Waals surface area contributed by atoms with Gasteiger partial charge in [0.05, 0.1) is 13.2 Å². The van der Waals surface area contributed by atoms with Crippen LogP contribution in [-0.4, -0.2) is 59.6 Å². The van der Waals surface area contributed by atoms with Gasteiger partial charge in [0.1, 0.15) is 10.7 Å². The Morgan fingerprint density at radius 3 is 2.82 bits per heavy atom.